The van der Waals surface area contributed by atoms with E-state index in [-0.39, 0.29) is 11.0 Å². The zero-order valence-corrected chi connectivity index (χ0v) is 20.8. The van der Waals surface area contributed by atoms with E-state index in [4.69, 9.17) is 12.8 Å². The summed E-state index contributed by atoms with van der Waals surface area (Å²) in [5.41, 5.74) is 0.950. The average molecular weight is 458 g/mol. The van der Waals surface area contributed by atoms with Gasteiger partial charge in [0.2, 0.25) is 0 Å². The number of carbonyl (C=O) groups is 1. The number of carbonyl (C=O) groups excluding carboxylic acids is 1. The molecule has 7 nitrogen and oxygen atoms in total. The molecule has 9 heteroatoms. The van der Waals surface area contributed by atoms with E-state index < -0.39 is 43.1 Å². The fourth-order valence-electron chi connectivity index (χ4n) is 3.07. The molecule has 0 unspecified atom stereocenters. The Morgan fingerprint density at radius 2 is 1.77 bits per heavy atom. The fourth-order valence-corrected chi connectivity index (χ4v) is 4.97. The van der Waals surface area contributed by atoms with Crippen LogP contribution in [-0.2, 0) is 29.6 Å². The highest BCUT2D eigenvalue weighted by molar-refractivity contribution is 7.82. The molecule has 3 atom stereocenters. The molecular formula is C21H35NO6SSi. The molecule has 0 spiro atoms. The Bertz CT molecular complexity index is 820. The van der Waals surface area contributed by atoms with Crippen molar-refractivity contribution in [3.63, 3.8) is 0 Å². The van der Waals surface area contributed by atoms with Gasteiger partial charge in [0.25, 0.3) is 8.32 Å². The minimum absolute atomic E-state index is 0.143. The molecule has 1 saturated heterocycles. The molecule has 1 aromatic rings. The Hall–Kier alpha value is -1.42. The van der Waals surface area contributed by atoms with Crippen LogP contribution in [0.1, 0.15) is 46.6 Å². The van der Waals surface area contributed by atoms with Crippen LogP contribution in [-0.4, -0.2) is 41.1 Å². The van der Waals surface area contributed by atoms with Crippen LogP contribution < -0.4 is 5.32 Å². The quantitative estimate of drug-likeness (QED) is 0.610. The van der Waals surface area contributed by atoms with Gasteiger partial charge in [-0.3, -0.25) is 0 Å². The number of hydrogen-bond donors (Lipinski definition) is 1. The van der Waals surface area contributed by atoms with Crippen molar-refractivity contribution in [2.75, 3.05) is 0 Å². The molecule has 1 amide bonds. The van der Waals surface area contributed by atoms with E-state index in [0.29, 0.717) is 12.8 Å². The van der Waals surface area contributed by atoms with Crippen molar-refractivity contribution in [2.45, 2.75) is 83.8 Å². The van der Waals surface area contributed by atoms with Gasteiger partial charge in [-0.2, -0.15) is 8.42 Å². The minimum atomic E-state index is -4.11. The highest BCUT2D eigenvalue weighted by atomic mass is 32.3. The van der Waals surface area contributed by atoms with Crippen molar-refractivity contribution in [3.05, 3.63) is 35.9 Å². The molecule has 1 aromatic carbocycles. The lowest BCUT2D eigenvalue weighted by molar-refractivity contribution is 0.0978. The SMILES string of the molecule is CC(C)C[C@H]1OS(=O)(=O)O[C@@H]1[C@H](Cc1ccccc1)NC(=O)O[Si](C)(C)C(C)(C)C. The second-order valence-corrected chi connectivity index (χ2v) is 15.7. The van der Waals surface area contributed by atoms with E-state index in [0.717, 1.165) is 5.56 Å². The summed E-state index contributed by atoms with van der Waals surface area (Å²) in [5, 5.41) is 2.74. The van der Waals surface area contributed by atoms with Crippen LogP contribution in [0.2, 0.25) is 18.1 Å². The molecule has 2 rings (SSSR count). The lowest BCUT2D eigenvalue weighted by atomic mass is 9.93. The van der Waals surface area contributed by atoms with Crippen molar-refractivity contribution in [1.29, 1.82) is 0 Å². The maximum atomic E-state index is 12.8. The molecule has 0 radical (unpaired) electrons. The second kappa shape index (κ2) is 9.38. The first-order chi connectivity index (χ1) is 13.7. The van der Waals surface area contributed by atoms with Gasteiger partial charge in [-0.05, 0) is 42.5 Å². The Kier molecular flexibility index (Phi) is 7.77. The topological polar surface area (TPSA) is 90.9 Å². The molecule has 1 aliphatic rings. The third kappa shape index (κ3) is 6.80. The fraction of sp³-hybridized carbons (Fsp3) is 0.667. The van der Waals surface area contributed by atoms with Gasteiger partial charge in [0.05, 0.1) is 6.04 Å². The molecule has 1 fully saturated rings. The molecule has 1 aliphatic heterocycles. The Morgan fingerprint density at radius 1 is 1.17 bits per heavy atom. The zero-order chi connectivity index (χ0) is 22.7. The molecule has 30 heavy (non-hydrogen) atoms. The van der Waals surface area contributed by atoms with Gasteiger partial charge in [-0.25, -0.2) is 13.2 Å². The summed E-state index contributed by atoms with van der Waals surface area (Å²) in [6.45, 7) is 14.1. The third-order valence-electron chi connectivity index (χ3n) is 5.69. The first-order valence-electron chi connectivity index (χ1n) is 10.3. The predicted molar refractivity (Wildman–Crippen MR) is 119 cm³/mol. The van der Waals surface area contributed by atoms with E-state index in [1.54, 1.807) is 0 Å². The van der Waals surface area contributed by atoms with Crippen molar-refractivity contribution in [1.82, 2.24) is 5.32 Å². The summed E-state index contributed by atoms with van der Waals surface area (Å²) in [6, 6.07) is 8.93. The van der Waals surface area contributed by atoms with E-state index >= 15 is 0 Å². The van der Waals surface area contributed by atoms with Gasteiger partial charge in [-0.15, -0.1) is 0 Å². The van der Waals surface area contributed by atoms with Crippen molar-refractivity contribution in [2.24, 2.45) is 5.92 Å². The highest BCUT2D eigenvalue weighted by Crippen LogP contribution is 2.37. The summed E-state index contributed by atoms with van der Waals surface area (Å²) in [7, 11) is -6.45. The smallest absolute Gasteiger partial charge is 0.400 e. The van der Waals surface area contributed by atoms with Gasteiger partial charge in [0.15, 0.2) is 0 Å². The van der Waals surface area contributed by atoms with Crippen molar-refractivity contribution in [3.8, 4) is 0 Å². The van der Waals surface area contributed by atoms with E-state index in [1.165, 1.54) is 0 Å². The molecule has 0 bridgehead atoms. The average Bonchev–Trinajstić information content (AvgIpc) is 2.87. The summed E-state index contributed by atoms with van der Waals surface area (Å²) < 4.78 is 40.4. The molecular weight excluding hydrogens is 422 g/mol. The van der Waals surface area contributed by atoms with Gasteiger partial charge < -0.3 is 9.74 Å². The van der Waals surface area contributed by atoms with Gasteiger partial charge in [0.1, 0.15) is 12.2 Å². The van der Waals surface area contributed by atoms with Gasteiger partial charge >= 0.3 is 16.5 Å². The maximum absolute atomic E-state index is 12.8. The maximum Gasteiger partial charge on any atom is 0.400 e. The third-order valence-corrected chi connectivity index (χ3v) is 10.9. The van der Waals surface area contributed by atoms with Crippen LogP contribution in [0.25, 0.3) is 0 Å². The Labute approximate surface area is 181 Å². The van der Waals surface area contributed by atoms with E-state index in [9.17, 15) is 13.2 Å². The van der Waals surface area contributed by atoms with Crippen LogP contribution in [0.5, 0.6) is 0 Å². The molecule has 0 aliphatic carbocycles. The number of amides is 1. The molecule has 1 N–H and O–H groups in total. The second-order valence-electron chi connectivity index (χ2n) is 9.82. The van der Waals surface area contributed by atoms with Crippen molar-refractivity contribution < 1.29 is 26.0 Å². The van der Waals surface area contributed by atoms with Crippen LogP contribution in [0.4, 0.5) is 4.79 Å². The zero-order valence-electron chi connectivity index (χ0n) is 19.0. The number of benzene rings is 1. The number of hydrogen-bond acceptors (Lipinski definition) is 6. The van der Waals surface area contributed by atoms with Crippen LogP contribution in [0.15, 0.2) is 30.3 Å². The summed E-state index contributed by atoms with van der Waals surface area (Å²) >= 11 is 0. The standard InChI is InChI=1S/C21H35NO6SSi/c1-15(2)13-18-19(27-29(24,25)26-18)17(14-16-11-9-8-10-12-16)22-20(23)28-30(6,7)21(3,4)5/h8-12,15,17-19H,13-14H2,1-7H3,(H,22,23)/t17-,18+,19+/m0/s1. The summed E-state index contributed by atoms with van der Waals surface area (Å²) in [5.74, 6) is 0.200. The van der Waals surface area contributed by atoms with E-state index in [1.807, 2.05) is 78.0 Å². The predicted octanol–water partition coefficient (Wildman–Crippen LogP) is 4.40. The molecule has 0 aromatic heterocycles. The number of rotatable bonds is 7. The van der Waals surface area contributed by atoms with Crippen molar-refractivity contribution >= 4 is 24.8 Å². The Balaban J connectivity index is 2.27. The molecule has 170 valence electrons. The Morgan fingerprint density at radius 3 is 2.30 bits per heavy atom. The first kappa shape index (κ1) is 24.8. The van der Waals surface area contributed by atoms with Gasteiger partial charge in [0, 0.05) is 0 Å². The summed E-state index contributed by atoms with van der Waals surface area (Å²) in [6.07, 6.45) is -1.17. The molecule has 1 heterocycles. The minimum Gasteiger partial charge on any atom is -0.504 e. The van der Waals surface area contributed by atoms with Crippen LogP contribution in [0.3, 0.4) is 0 Å². The monoisotopic (exact) mass is 457 g/mol. The van der Waals surface area contributed by atoms with E-state index in [2.05, 4.69) is 5.32 Å². The summed E-state index contributed by atoms with van der Waals surface area (Å²) in [4.78, 5) is 12.8. The normalized spacial score (nSPS) is 22.7. The van der Waals surface area contributed by atoms with Crippen LogP contribution >= 0.6 is 0 Å². The van der Waals surface area contributed by atoms with Gasteiger partial charge in [-0.1, -0.05) is 65.0 Å². The lowest BCUT2D eigenvalue weighted by Gasteiger charge is -2.36. The molecule has 0 saturated carbocycles. The van der Waals surface area contributed by atoms with Crippen LogP contribution in [0, 0.1) is 5.92 Å². The highest BCUT2D eigenvalue weighted by Gasteiger charge is 2.46. The first-order valence-corrected chi connectivity index (χ1v) is 14.6. The number of nitrogens with one attached hydrogen (secondary N) is 1. The lowest BCUT2D eigenvalue weighted by Crippen LogP contribution is -2.52. The largest absolute Gasteiger partial charge is 0.504 e.